The minimum Gasteiger partial charge on any atom is -0.497 e. The molecule has 0 unspecified atom stereocenters. The number of carbonyl (C=O) groups is 2. The van der Waals surface area contributed by atoms with Crippen LogP contribution in [0.5, 0.6) is 5.75 Å². The predicted octanol–water partition coefficient (Wildman–Crippen LogP) is 4.26. The topological polar surface area (TPSA) is 68.4 Å². The highest BCUT2D eigenvalue weighted by molar-refractivity contribution is 8.00. The van der Waals surface area contributed by atoms with Crippen LogP contribution in [0.3, 0.4) is 0 Å². The zero-order chi connectivity index (χ0) is 19.2. The Hall–Kier alpha value is -2.73. The minimum absolute atomic E-state index is 0.146. The Kier molecular flexibility index (Phi) is 6.19. The normalized spacial score (nSPS) is 10.7. The number of carbonyl (C=O) groups excluding carboxylic acids is 2. The Morgan fingerprint density at radius 3 is 2.59 bits per heavy atom. The molecule has 2 aromatic carbocycles. The zero-order valence-electron chi connectivity index (χ0n) is 15.3. The van der Waals surface area contributed by atoms with Gasteiger partial charge in [0.25, 0.3) is 0 Å². The number of thioether (sulfide) groups is 1. The molecule has 0 aliphatic carbocycles. The average molecular weight is 383 g/mol. The van der Waals surface area contributed by atoms with E-state index in [9.17, 15) is 9.59 Å². The number of methoxy groups -OCH3 is 1. The fraction of sp³-hybridized carbons (Fsp3) is 0.238. The Morgan fingerprint density at radius 2 is 1.89 bits per heavy atom. The highest BCUT2D eigenvalue weighted by Crippen LogP contribution is 2.23. The molecule has 140 valence electrons. The van der Waals surface area contributed by atoms with Gasteiger partial charge in [-0.25, -0.2) is 0 Å². The first-order valence-corrected chi connectivity index (χ1v) is 9.65. The lowest BCUT2D eigenvalue weighted by molar-refractivity contribution is -0.139. The van der Waals surface area contributed by atoms with Crippen molar-refractivity contribution in [1.82, 2.24) is 4.98 Å². The molecule has 6 heteroatoms. The van der Waals surface area contributed by atoms with E-state index in [4.69, 9.17) is 9.47 Å². The second-order valence-electron chi connectivity index (χ2n) is 5.94. The number of rotatable bonds is 8. The molecule has 3 aromatic rings. The summed E-state index contributed by atoms with van der Waals surface area (Å²) in [4.78, 5) is 28.5. The van der Waals surface area contributed by atoms with Crippen LogP contribution in [0.4, 0.5) is 0 Å². The molecule has 0 spiro atoms. The first-order chi connectivity index (χ1) is 13.1. The SMILES string of the molecule is CCc1cccc2c(C(=O)COC(=O)CSc3ccc(OC)cc3)c[nH]c12. The van der Waals surface area contributed by atoms with Crippen molar-refractivity contribution in [3.05, 3.63) is 59.8 Å². The van der Waals surface area contributed by atoms with Crippen molar-refractivity contribution in [3.63, 3.8) is 0 Å². The number of hydrogen-bond acceptors (Lipinski definition) is 5. The molecule has 27 heavy (non-hydrogen) atoms. The van der Waals surface area contributed by atoms with E-state index in [0.717, 1.165) is 33.5 Å². The van der Waals surface area contributed by atoms with Crippen molar-refractivity contribution in [2.24, 2.45) is 0 Å². The van der Waals surface area contributed by atoms with Crippen molar-refractivity contribution in [2.75, 3.05) is 19.5 Å². The number of para-hydroxylation sites is 1. The number of aryl methyl sites for hydroxylation is 1. The molecular formula is C21H21NO4S. The maximum Gasteiger partial charge on any atom is 0.316 e. The molecule has 0 bridgehead atoms. The summed E-state index contributed by atoms with van der Waals surface area (Å²) in [6.45, 7) is 1.81. The van der Waals surface area contributed by atoms with Gasteiger partial charge in [0, 0.05) is 27.6 Å². The van der Waals surface area contributed by atoms with Crippen molar-refractivity contribution in [3.8, 4) is 5.75 Å². The van der Waals surface area contributed by atoms with E-state index >= 15 is 0 Å². The molecule has 3 rings (SSSR count). The third kappa shape index (κ3) is 4.52. The number of nitrogens with one attached hydrogen (secondary N) is 1. The van der Waals surface area contributed by atoms with Crippen LogP contribution in [-0.2, 0) is 16.0 Å². The van der Waals surface area contributed by atoms with Gasteiger partial charge in [0.2, 0.25) is 5.78 Å². The second kappa shape index (κ2) is 8.77. The van der Waals surface area contributed by atoms with E-state index < -0.39 is 5.97 Å². The largest absolute Gasteiger partial charge is 0.497 e. The Labute approximate surface area is 162 Å². The highest BCUT2D eigenvalue weighted by atomic mass is 32.2. The Balaban J connectivity index is 1.55. The molecule has 0 fully saturated rings. The van der Waals surface area contributed by atoms with Gasteiger partial charge in [-0.1, -0.05) is 25.1 Å². The van der Waals surface area contributed by atoms with E-state index in [0.29, 0.717) is 5.56 Å². The fourth-order valence-corrected chi connectivity index (χ4v) is 3.52. The number of Topliss-reactive ketones (excluding diaryl/α,β-unsaturated/α-hetero) is 1. The van der Waals surface area contributed by atoms with Gasteiger partial charge in [-0.2, -0.15) is 0 Å². The van der Waals surface area contributed by atoms with Gasteiger partial charge in [-0.15, -0.1) is 11.8 Å². The van der Waals surface area contributed by atoms with Crippen LogP contribution < -0.4 is 4.74 Å². The summed E-state index contributed by atoms with van der Waals surface area (Å²) in [6.07, 6.45) is 2.56. The van der Waals surface area contributed by atoms with Gasteiger partial charge in [0.1, 0.15) is 5.75 Å². The molecular weight excluding hydrogens is 362 g/mol. The first-order valence-electron chi connectivity index (χ1n) is 8.67. The zero-order valence-corrected chi connectivity index (χ0v) is 16.1. The summed E-state index contributed by atoms with van der Waals surface area (Å²) in [7, 11) is 1.60. The molecule has 0 saturated carbocycles. The lowest BCUT2D eigenvalue weighted by Crippen LogP contribution is -2.15. The maximum absolute atomic E-state index is 12.5. The number of aromatic amines is 1. The minimum atomic E-state index is -0.418. The molecule has 0 aliphatic rings. The van der Waals surface area contributed by atoms with E-state index in [1.165, 1.54) is 11.8 Å². The Morgan fingerprint density at radius 1 is 1.11 bits per heavy atom. The quantitative estimate of drug-likeness (QED) is 0.358. The summed E-state index contributed by atoms with van der Waals surface area (Å²) in [6, 6.07) is 13.3. The van der Waals surface area contributed by atoms with Crippen molar-refractivity contribution >= 4 is 34.4 Å². The number of fused-ring (bicyclic) bond motifs is 1. The third-order valence-corrected chi connectivity index (χ3v) is 5.25. The van der Waals surface area contributed by atoms with Crippen LogP contribution in [0, 0.1) is 0 Å². The van der Waals surface area contributed by atoms with Crippen LogP contribution >= 0.6 is 11.8 Å². The number of ether oxygens (including phenoxy) is 2. The van der Waals surface area contributed by atoms with Gasteiger partial charge in [-0.3, -0.25) is 9.59 Å². The van der Waals surface area contributed by atoms with Crippen LogP contribution in [0.25, 0.3) is 10.9 Å². The van der Waals surface area contributed by atoms with Gasteiger partial charge < -0.3 is 14.5 Å². The van der Waals surface area contributed by atoms with Gasteiger partial charge in [0.05, 0.1) is 12.9 Å². The number of hydrogen-bond donors (Lipinski definition) is 1. The molecule has 0 saturated heterocycles. The van der Waals surface area contributed by atoms with Gasteiger partial charge in [-0.05, 0) is 36.2 Å². The van der Waals surface area contributed by atoms with E-state index in [2.05, 4.69) is 11.9 Å². The second-order valence-corrected chi connectivity index (χ2v) is 6.99. The summed E-state index contributed by atoms with van der Waals surface area (Å²) < 4.78 is 10.3. The average Bonchev–Trinajstić information content (AvgIpc) is 3.15. The monoisotopic (exact) mass is 383 g/mol. The molecule has 5 nitrogen and oxygen atoms in total. The van der Waals surface area contributed by atoms with Gasteiger partial charge in [0.15, 0.2) is 6.61 Å². The third-order valence-electron chi connectivity index (χ3n) is 4.26. The molecule has 1 heterocycles. The molecule has 0 aliphatic heterocycles. The lowest BCUT2D eigenvalue weighted by Gasteiger charge is -2.05. The number of aromatic nitrogens is 1. The van der Waals surface area contributed by atoms with Crippen molar-refractivity contribution in [1.29, 1.82) is 0 Å². The van der Waals surface area contributed by atoms with E-state index in [1.54, 1.807) is 13.3 Å². The molecule has 0 radical (unpaired) electrons. The molecule has 0 amide bonds. The number of benzene rings is 2. The van der Waals surface area contributed by atoms with Gasteiger partial charge >= 0.3 is 5.97 Å². The summed E-state index contributed by atoms with van der Waals surface area (Å²) >= 11 is 1.36. The van der Waals surface area contributed by atoms with E-state index in [1.807, 2.05) is 42.5 Å². The summed E-state index contributed by atoms with van der Waals surface area (Å²) in [5.41, 5.74) is 2.67. The van der Waals surface area contributed by atoms with Crippen molar-refractivity contribution in [2.45, 2.75) is 18.2 Å². The Bertz CT molecular complexity index is 946. The smallest absolute Gasteiger partial charge is 0.316 e. The summed E-state index contributed by atoms with van der Waals surface area (Å²) in [5.74, 6) is 0.279. The number of ketones is 1. The first kappa shape index (κ1) is 19.0. The lowest BCUT2D eigenvalue weighted by atomic mass is 10.1. The van der Waals surface area contributed by atoms with Crippen LogP contribution in [0.1, 0.15) is 22.8 Å². The molecule has 0 atom stereocenters. The van der Waals surface area contributed by atoms with E-state index in [-0.39, 0.29) is 18.1 Å². The fourth-order valence-electron chi connectivity index (χ4n) is 2.82. The van der Waals surface area contributed by atoms with Crippen LogP contribution in [-0.4, -0.2) is 36.2 Å². The highest BCUT2D eigenvalue weighted by Gasteiger charge is 2.15. The van der Waals surface area contributed by atoms with Crippen LogP contribution in [0.2, 0.25) is 0 Å². The number of H-pyrrole nitrogens is 1. The van der Waals surface area contributed by atoms with Crippen molar-refractivity contribution < 1.29 is 19.1 Å². The summed E-state index contributed by atoms with van der Waals surface area (Å²) in [5, 5.41) is 0.864. The maximum atomic E-state index is 12.5. The standard InChI is InChI=1S/C21H21NO4S/c1-3-14-5-4-6-17-18(11-22-21(14)17)19(23)12-26-20(24)13-27-16-9-7-15(25-2)8-10-16/h4-11,22H,3,12-13H2,1-2H3. The molecule has 1 N–H and O–H groups in total. The number of esters is 1. The molecule has 1 aromatic heterocycles. The predicted molar refractivity (Wildman–Crippen MR) is 107 cm³/mol. The van der Waals surface area contributed by atoms with Crippen LogP contribution in [0.15, 0.2) is 53.6 Å².